The van der Waals surface area contributed by atoms with Gasteiger partial charge in [-0.3, -0.25) is 4.79 Å². The zero-order valence-electron chi connectivity index (χ0n) is 10.2. The lowest BCUT2D eigenvalue weighted by Gasteiger charge is -2.26. The van der Waals surface area contributed by atoms with Crippen LogP contribution in [-0.4, -0.2) is 52.1 Å². The summed E-state index contributed by atoms with van der Waals surface area (Å²) in [5.74, 6) is 1.21. The van der Waals surface area contributed by atoms with Crippen LogP contribution in [0.4, 0.5) is 0 Å². The summed E-state index contributed by atoms with van der Waals surface area (Å²) in [6, 6.07) is -0.775. The second-order valence-corrected chi connectivity index (χ2v) is 6.40. The molecule has 100 valence electrons. The van der Waals surface area contributed by atoms with E-state index in [9.17, 15) is 9.59 Å². The third-order valence-corrected chi connectivity index (χ3v) is 5.47. The molecule has 2 saturated heterocycles. The highest BCUT2D eigenvalue weighted by molar-refractivity contribution is 7.99. The predicted molar refractivity (Wildman–Crippen MR) is 68.2 cm³/mol. The Bertz CT molecular complexity index is 376. The number of carboxylic acids is 1. The molecule has 6 heteroatoms. The molecule has 1 saturated carbocycles. The second-order valence-electron chi connectivity index (χ2n) is 5.40. The summed E-state index contributed by atoms with van der Waals surface area (Å²) in [7, 11) is 0. The molecule has 3 rings (SSSR count). The first-order valence-electron chi connectivity index (χ1n) is 6.53. The molecular formula is C12H18N2O3S. The summed E-state index contributed by atoms with van der Waals surface area (Å²) < 4.78 is 0. The van der Waals surface area contributed by atoms with Gasteiger partial charge in [0, 0.05) is 5.75 Å². The lowest BCUT2D eigenvalue weighted by atomic mass is 9.93. The number of aliphatic carboxylic acids is 1. The third kappa shape index (κ3) is 1.91. The lowest BCUT2D eigenvalue weighted by Crippen LogP contribution is -2.50. The molecule has 18 heavy (non-hydrogen) atoms. The van der Waals surface area contributed by atoms with E-state index in [1.54, 1.807) is 4.90 Å². The molecule has 3 aliphatic rings. The van der Waals surface area contributed by atoms with Crippen LogP contribution in [0.25, 0.3) is 0 Å². The highest BCUT2D eigenvalue weighted by Crippen LogP contribution is 2.39. The lowest BCUT2D eigenvalue weighted by molar-refractivity contribution is -0.148. The van der Waals surface area contributed by atoms with E-state index in [-0.39, 0.29) is 11.9 Å². The van der Waals surface area contributed by atoms with E-state index < -0.39 is 12.0 Å². The maximum Gasteiger partial charge on any atom is 0.327 e. The maximum absolute atomic E-state index is 12.5. The number of thioether (sulfide) groups is 1. The van der Waals surface area contributed by atoms with Crippen LogP contribution in [0.5, 0.6) is 0 Å². The van der Waals surface area contributed by atoms with E-state index in [0.29, 0.717) is 23.5 Å². The van der Waals surface area contributed by atoms with Crippen LogP contribution >= 0.6 is 11.8 Å². The topological polar surface area (TPSA) is 69.6 Å². The summed E-state index contributed by atoms with van der Waals surface area (Å²) in [6.45, 7) is 0.916. The quantitative estimate of drug-likeness (QED) is 0.758. The minimum Gasteiger partial charge on any atom is -0.480 e. The number of carbonyl (C=O) groups excluding carboxylic acids is 1. The average Bonchev–Trinajstić information content (AvgIpc) is 3.03. The minimum absolute atomic E-state index is 0.00167. The van der Waals surface area contributed by atoms with Crippen molar-refractivity contribution < 1.29 is 14.7 Å². The summed E-state index contributed by atoms with van der Waals surface area (Å²) in [6.07, 6.45) is 3.52. The van der Waals surface area contributed by atoms with E-state index in [4.69, 9.17) is 5.11 Å². The Morgan fingerprint density at radius 1 is 1.33 bits per heavy atom. The zero-order chi connectivity index (χ0) is 12.7. The number of hydrogen-bond acceptors (Lipinski definition) is 4. The van der Waals surface area contributed by atoms with Crippen LogP contribution in [-0.2, 0) is 9.59 Å². The van der Waals surface area contributed by atoms with Crippen LogP contribution in [0.2, 0.25) is 0 Å². The van der Waals surface area contributed by atoms with E-state index in [2.05, 4.69) is 5.32 Å². The van der Waals surface area contributed by atoms with Crippen molar-refractivity contribution in [3.8, 4) is 0 Å². The van der Waals surface area contributed by atoms with Gasteiger partial charge in [-0.1, -0.05) is 6.42 Å². The highest BCUT2D eigenvalue weighted by Gasteiger charge is 2.46. The van der Waals surface area contributed by atoms with Crippen molar-refractivity contribution in [2.75, 3.05) is 18.2 Å². The molecular weight excluding hydrogens is 252 g/mol. The molecule has 0 spiro atoms. The van der Waals surface area contributed by atoms with Crippen LogP contribution in [0.3, 0.4) is 0 Å². The molecule has 2 N–H and O–H groups in total. The molecule has 4 atom stereocenters. The number of nitrogens with zero attached hydrogens (tertiary/aromatic N) is 1. The van der Waals surface area contributed by atoms with Crippen LogP contribution < -0.4 is 5.32 Å². The number of carbonyl (C=O) groups is 2. The first-order chi connectivity index (χ1) is 8.68. The summed E-state index contributed by atoms with van der Waals surface area (Å²) in [4.78, 5) is 25.2. The monoisotopic (exact) mass is 270 g/mol. The van der Waals surface area contributed by atoms with Gasteiger partial charge in [-0.25, -0.2) is 4.79 Å². The Labute approximate surface area is 110 Å². The van der Waals surface area contributed by atoms with Crippen LogP contribution in [0.1, 0.15) is 19.3 Å². The number of hydrogen-bond donors (Lipinski definition) is 2. The third-order valence-electron chi connectivity index (χ3n) is 4.46. The molecule has 0 aromatic heterocycles. The Hall–Kier alpha value is -0.750. The van der Waals surface area contributed by atoms with Gasteiger partial charge >= 0.3 is 5.97 Å². The van der Waals surface area contributed by atoms with Gasteiger partial charge in [0.25, 0.3) is 0 Å². The predicted octanol–water partition coefficient (Wildman–Crippen LogP) is 0.361. The van der Waals surface area contributed by atoms with Gasteiger partial charge < -0.3 is 15.3 Å². The molecule has 3 unspecified atom stereocenters. The van der Waals surface area contributed by atoms with E-state index in [1.165, 1.54) is 24.6 Å². The maximum atomic E-state index is 12.5. The molecule has 0 bridgehead atoms. The number of carboxylic acid groups (broad SMARTS) is 1. The molecule has 0 aromatic rings. The first kappa shape index (κ1) is 12.3. The van der Waals surface area contributed by atoms with E-state index in [0.717, 1.165) is 13.0 Å². The normalized spacial score (nSPS) is 39.0. The Kier molecular flexibility index (Phi) is 3.23. The van der Waals surface area contributed by atoms with Gasteiger partial charge in [-0.2, -0.15) is 0 Å². The molecule has 2 aliphatic heterocycles. The molecule has 0 aromatic carbocycles. The molecule has 3 fully saturated rings. The first-order valence-corrected chi connectivity index (χ1v) is 7.68. The van der Waals surface area contributed by atoms with Gasteiger partial charge in [-0.15, -0.1) is 11.8 Å². The molecule has 5 nitrogen and oxygen atoms in total. The van der Waals surface area contributed by atoms with E-state index in [1.807, 2.05) is 0 Å². The molecule has 1 amide bonds. The molecule has 0 radical (unpaired) electrons. The minimum atomic E-state index is -0.880. The summed E-state index contributed by atoms with van der Waals surface area (Å²) in [5, 5.41) is 12.4. The number of amides is 1. The van der Waals surface area contributed by atoms with Crippen molar-refractivity contribution >= 4 is 23.6 Å². The van der Waals surface area contributed by atoms with Gasteiger partial charge in [0.05, 0.1) is 11.9 Å². The molecule has 1 aliphatic carbocycles. The fourth-order valence-electron chi connectivity index (χ4n) is 3.50. The highest BCUT2D eigenvalue weighted by atomic mass is 32.2. The van der Waals surface area contributed by atoms with Crippen LogP contribution in [0.15, 0.2) is 0 Å². The Morgan fingerprint density at radius 2 is 2.17 bits per heavy atom. The smallest absolute Gasteiger partial charge is 0.327 e. The van der Waals surface area contributed by atoms with Crippen molar-refractivity contribution in [3.05, 3.63) is 0 Å². The Balaban J connectivity index is 1.72. The number of nitrogens with one attached hydrogen (secondary N) is 1. The van der Waals surface area contributed by atoms with Gasteiger partial charge in [0.2, 0.25) is 5.91 Å². The van der Waals surface area contributed by atoms with Crippen molar-refractivity contribution in [1.29, 1.82) is 0 Å². The van der Waals surface area contributed by atoms with Gasteiger partial charge in [0.1, 0.15) is 6.04 Å². The SMILES string of the molecule is O=C(O)[C@@H]1CSCN1C(=O)C1NCC2CCCC21. The van der Waals surface area contributed by atoms with Crippen molar-refractivity contribution in [2.45, 2.75) is 31.3 Å². The van der Waals surface area contributed by atoms with Crippen LogP contribution in [0, 0.1) is 11.8 Å². The Morgan fingerprint density at radius 3 is 2.94 bits per heavy atom. The number of fused-ring (bicyclic) bond motifs is 1. The number of rotatable bonds is 2. The van der Waals surface area contributed by atoms with Crippen molar-refractivity contribution in [2.24, 2.45) is 11.8 Å². The standard InChI is InChI=1S/C12H18N2O3S/c15-11(14-6-18-5-9(14)12(16)17)10-8-3-1-2-7(8)4-13-10/h7-10,13H,1-6H2,(H,16,17)/t7?,8?,9-,10?/m0/s1. The molecule has 2 heterocycles. The summed E-state index contributed by atoms with van der Waals surface area (Å²) in [5.41, 5.74) is 0. The van der Waals surface area contributed by atoms with Crippen molar-refractivity contribution in [1.82, 2.24) is 10.2 Å². The second kappa shape index (κ2) is 4.74. The average molecular weight is 270 g/mol. The summed E-state index contributed by atoms with van der Waals surface area (Å²) >= 11 is 1.53. The van der Waals surface area contributed by atoms with Crippen molar-refractivity contribution in [3.63, 3.8) is 0 Å². The fourth-order valence-corrected chi connectivity index (χ4v) is 4.66. The van der Waals surface area contributed by atoms with Gasteiger partial charge in [-0.05, 0) is 31.2 Å². The zero-order valence-corrected chi connectivity index (χ0v) is 11.0. The fraction of sp³-hybridized carbons (Fsp3) is 0.833. The van der Waals surface area contributed by atoms with Gasteiger partial charge in [0.15, 0.2) is 0 Å². The van der Waals surface area contributed by atoms with E-state index >= 15 is 0 Å². The largest absolute Gasteiger partial charge is 0.480 e.